The van der Waals surface area contributed by atoms with Gasteiger partial charge >= 0.3 is 6.18 Å². The lowest BCUT2D eigenvalue weighted by atomic mass is 10.1. The SMILES string of the molecule is FC(F)(F)c1ccc(COc2ccnc(CSc3nc4cscc4[nH]3)c2)cc1. The summed E-state index contributed by atoms with van der Waals surface area (Å²) < 4.78 is 43.5. The molecule has 4 aromatic rings. The molecule has 4 rings (SSSR count). The number of ether oxygens (including phenoxy) is 1. The molecule has 0 aliphatic carbocycles. The van der Waals surface area contributed by atoms with Crippen molar-refractivity contribution in [2.45, 2.75) is 23.7 Å². The molecule has 3 heterocycles. The summed E-state index contributed by atoms with van der Waals surface area (Å²) in [5.74, 6) is 1.24. The van der Waals surface area contributed by atoms with Crippen molar-refractivity contribution in [1.29, 1.82) is 0 Å². The Kier molecular flexibility index (Phi) is 5.27. The number of aromatic amines is 1. The van der Waals surface area contributed by atoms with Crippen LogP contribution < -0.4 is 4.74 Å². The van der Waals surface area contributed by atoms with Crippen LogP contribution in [0.4, 0.5) is 13.2 Å². The Morgan fingerprint density at radius 2 is 1.93 bits per heavy atom. The highest BCUT2D eigenvalue weighted by molar-refractivity contribution is 7.98. The van der Waals surface area contributed by atoms with Crippen molar-refractivity contribution in [3.05, 3.63) is 70.2 Å². The predicted molar refractivity (Wildman–Crippen MR) is 104 cm³/mol. The van der Waals surface area contributed by atoms with Gasteiger partial charge in [0.15, 0.2) is 5.16 Å². The van der Waals surface area contributed by atoms with Gasteiger partial charge in [0, 0.05) is 28.8 Å². The highest BCUT2D eigenvalue weighted by Gasteiger charge is 2.29. The number of alkyl halides is 3. The van der Waals surface area contributed by atoms with E-state index in [0.29, 0.717) is 17.1 Å². The maximum absolute atomic E-state index is 12.6. The molecule has 0 unspecified atom stereocenters. The number of rotatable bonds is 6. The van der Waals surface area contributed by atoms with Crippen LogP contribution in [0.5, 0.6) is 5.75 Å². The van der Waals surface area contributed by atoms with E-state index in [1.165, 1.54) is 12.1 Å². The van der Waals surface area contributed by atoms with Gasteiger partial charge in [-0.1, -0.05) is 23.9 Å². The van der Waals surface area contributed by atoms with Crippen LogP contribution >= 0.6 is 23.1 Å². The van der Waals surface area contributed by atoms with Crippen LogP contribution in [0.1, 0.15) is 16.8 Å². The minimum atomic E-state index is -4.33. The lowest BCUT2D eigenvalue weighted by molar-refractivity contribution is -0.137. The Balaban J connectivity index is 1.35. The molecule has 0 atom stereocenters. The first-order chi connectivity index (χ1) is 13.5. The summed E-state index contributed by atoms with van der Waals surface area (Å²) in [4.78, 5) is 12.1. The van der Waals surface area contributed by atoms with E-state index in [0.717, 1.165) is 34.0 Å². The smallest absolute Gasteiger partial charge is 0.416 e. The average molecular weight is 421 g/mol. The van der Waals surface area contributed by atoms with E-state index in [1.54, 1.807) is 35.4 Å². The number of thiophene rings is 1. The molecule has 4 nitrogen and oxygen atoms in total. The number of nitrogens with one attached hydrogen (secondary N) is 1. The van der Waals surface area contributed by atoms with Crippen LogP contribution in [-0.4, -0.2) is 15.0 Å². The molecule has 0 saturated heterocycles. The van der Waals surface area contributed by atoms with Gasteiger partial charge in [0.2, 0.25) is 0 Å². The Morgan fingerprint density at radius 1 is 1.11 bits per heavy atom. The average Bonchev–Trinajstić information content (AvgIpc) is 3.26. The van der Waals surface area contributed by atoms with Crippen LogP contribution in [0.3, 0.4) is 0 Å². The summed E-state index contributed by atoms with van der Waals surface area (Å²) >= 11 is 3.15. The second kappa shape index (κ2) is 7.84. The van der Waals surface area contributed by atoms with Crippen molar-refractivity contribution in [2.75, 3.05) is 0 Å². The molecule has 0 bridgehead atoms. The zero-order valence-corrected chi connectivity index (χ0v) is 16.0. The standard InChI is InChI=1S/C19H14F3N3OS2/c20-19(21,22)13-3-1-12(2-4-13)8-26-15-5-6-23-14(7-15)9-28-18-24-16-10-27-11-17(16)25-18/h1-7,10-11H,8-9H2,(H,24,25). The van der Waals surface area contributed by atoms with Crippen LogP contribution in [0, 0.1) is 0 Å². The zero-order valence-electron chi connectivity index (χ0n) is 14.4. The van der Waals surface area contributed by atoms with E-state index < -0.39 is 11.7 Å². The van der Waals surface area contributed by atoms with Crippen LogP contribution in [0.2, 0.25) is 0 Å². The normalized spacial score (nSPS) is 11.8. The van der Waals surface area contributed by atoms with Gasteiger partial charge in [-0.15, -0.1) is 11.3 Å². The van der Waals surface area contributed by atoms with Crippen molar-refractivity contribution in [2.24, 2.45) is 0 Å². The van der Waals surface area contributed by atoms with E-state index in [9.17, 15) is 13.2 Å². The van der Waals surface area contributed by atoms with Gasteiger partial charge in [-0.2, -0.15) is 13.2 Å². The molecule has 28 heavy (non-hydrogen) atoms. The van der Waals surface area contributed by atoms with Crippen molar-refractivity contribution < 1.29 is 17.9 Å². The fourth-order valence-corrected chi connectivity index (χ4v) is 3.99. The summed E-state index contributed by atoms with van der Waals surface area (Å²) in [6.07, 6.45) is -2.68. The highest BCUT2D eigenvalue weighted by atomic mass is 32.2. The van der Waals surface area contributed by atoms with Crippen LogP contribution in [-0.2, 0) is 18.5 Å². The number of H-pyrrole nitrogens is 1. The summed E-state index contributed by atoms with van der Waals surface area (Å²) in [5.41, 5.74) is 2.80. The first-order valence-electron chi connectivity index (χ1n) is 8.26. The number of nitrogens with zero attached hydrogens (tertiary/aromatic N) is 2. The molecule has 0 aliphatic heterocycles. The molecular weight excluding hydrogens is 407 g/mol. The maximum atomic E-state index is 12.6. The van der Waals surface area contributed by atoms with E-state index in [4.69, 9.17) is 4.74 Å². The van der Waals surface area contributed by atoms with E-state index in [2.05, 4.69) is 15.0 Å². The van der Waals surface area contributed by atoms with Crippen molar-refractivity contribution >= 4 is 34.1 Å². The molecule has 0 radical (unpaired) electrons. The molecule has 0 spiro atoms. The third kappa shape index (κ3) is 4.48. The molecule has 0 amide bonds. The van der Waals surface area contributed by atoms with Gasteiger partial charge < -0.3 is 9.72 Å². The molecule has 0 aliphatic rings. The number of benzene rings is 1. The number of hydrogen-bond donors (Lipinski definition) is 1. The molecule has 144 valence electrons. The van der Waals surface area contributed by atoms with Crippen LogP contribution in [0.15, 0.2) is 58.5 Å². The van der Waals surface area contributed by atoms with E-state index in [1.807, 2.05) is 16.8 Å². The Hall–Kier alpha value is -2.52. The van der Waals surface area contributed by atoms with Crippen molar-refractivity contribution in [3.8, 4) is 5.75 Å². The summed E-state index contributed by atoms with van der Waals surface area (Å²) in [5, 5.41) is 4.83. The third-order valence-corrected chi connectivity index (χ3v) is 5.57. The Labute approximate surface area is 166 Å². The number of hydrogen-bond acceptors (Lipinski definition) is 5. The van der Waals surface area contributed by atoms with Gasteiger partial charge in [0.05, 0.1) is 16.8 Å². The lowest BCUT2D eigenvalue weighted by Gasteiger charge is -2.09. The van der Waals surface area contributed by atoms with Crippen molar-refractivity contribution in [1.82, 2.24) is 15.0 Å². The van der Waals surface area contributed by atoms with E-state index in [-0.39, 0.29) is 6.61 Å². The van der Waals surface area contributed by atoms with Gasteiger partial charge in [-0.3, -0.25) is 4.98 Å². The number of halogens is 3. The minimum absolute atomic E-state index is 0.184. The maximum Gasteiger partial charge on any atom is 0.416 e. The lowest BCUT2D eigenvalue weighted by Crippen LogP contribution is -2.05. The van der Waals surface area contributed by atoms with E-state index >= 15 is 0 Å². The molecule has 9 heteroatoms. The molecule has 0 saturated carbocycles. The van der Waals surface area contributed by atoms with Crippen LogP contribution in [0.25, 0.3) is 11.0 Å². The number of fused-ring (bicyclic) bond motifs is 1. The quantitative estimate of drug-likeness (QED) is 0.393. The van der Waals surface area contributed by atoms with Gasteiger partial charge in [0.25, 0.3) is 0 Å². The van der Waals surface area contributed by atoms with Crippen molar-refractivity contribution in [3.63, 3.8) is 0 Å². The molecule has 1 aromatic carbocycles. The first-order valence-corrected chi connectivity index (χ1v) is 10.2. The van der Waals surface area contributed by atoms with Gasteiger partial charge in [-0.05, 0) is 23.8 Å². The third-order valence-electron chi connectivity index (χ3n) is 3.94. The highest BCUT2D eigenvalue weighted by Crippen LogP contribution is 2.29. The molecular formula is C19H14F3N3OS2. The van der Waals surface area contributed by atoms with Gasteiger partial charge in [0.1, 0.15) is 17.9 Å². The largest absolute Gasteiger partial charge is 0.489 e. The Morgan fingerprint density at radius 3 is 2.68 bits per heavy atom. The predicted octanol–water partition coefficient (Wildman–Crippen LogP) is 5.91. The fraction of sp³-hybridized carbons (Fsp3) is 0.158. The number of imidazole rings is 1. The zero-order chi connectivity index (χ0) is 19.6. The monoisotopic (exact) mass is 421 g/mol. The second-order valence-electron chi connectivity index (χ2n) is 5.97. The van der Waals surface area contributed by atoms with Gasteiger partial charge in [-0.25, -0.2) is 4.98 Å². The fourth-order valence-electron chi connectivity index (χ4n) is 2.52. The first kappa shape index (κ1) is 18.8. The summed E-state index contributed by atoms with van der Waals surface area (Å²) in [6, 6.07) is 8.50. The number of thioether (sulfide) groups is 1. The molecule has 1 N–H and O–H groups in total. The number of pyridine rings is 1. The second-order valence-corrected chi connectivity index (χ2v) is 7.68. The molecule has 0 fully saturated rings. The minimum Gasteiger partial charge on any atom is -0.489 e. The summed E-state index contributed by atoms with van der Waals surface area (Å²) in [7, 11) is 0. The summed E-state index contributed by atoms with van der Waals surface area (Å²) in [6.45, 7) is 0.184. The Bertz CT molecular complexity index is 1050. The number of aromatic nitrogens is 3. The molecule has 3 aromatic heterocycles. The topological polar surface area (TPSA) is 50.8 Å².